The van der Waals surface area contributed by atoms with Crippen molar-refractivity contribution in [2.45, 2.75) is 25.4 Å². The van der Waals surface area contributed by atoms with Gasteiger partial charge in [-0.1, -0.05) is 30.3 Å². The van der Waals surface area contributed by atoms with E-state index in [0.717, 1.165) is 29.1 Å². The van der Waals surface area contributed by atoms with Crippen LogP contribution in [0.5, 0.6) is 11.5 Å². The second-order valence-corrected chi connectivity index (χ2v) is 6.77. The predicted octanol–water partition coefficient (Wildman–Crippen LogP) is 4.18. The molecule has 0 fully saturated rings. The van der Waals surface area contributed by atoms with Gasteiger partial charge in [0.05, 0.1) is 11.7 Å². The van der Waals surface area contributed by atoms with Crippen LogP contribution in [0.2, 0.25) is 0 Å². The van der Waals surface area contributed by atoms with Crippen molar-refractivity contribution in [2.24, 2.45) is 5.92 Å². The molecular formula is C22H22O5. The van der Waals surface area contributed by atoms with E-state index in [1.54, 1.807) is 7.11 Å². The monoisotopic (exact) mass is 366 g/mol. The number of hydrogen-bond acceptors (Lipinski definition) is 5. The summed E-state index contributed by atoms with van der Waals surface area (Å²) in [5.41, 5.74) is 2.13. The van der Waals surface area contributed by atoms with Crippen molar-refractivity contribution >= 4 is 5.97 Å². The smallest absolute Gasteiger partial charge is 0.315 e. The fourth-order valence-corrected chi connectivity index (χ4v) is 3.63. The summed E-state index contributed by atoms with van der Waals surface area (Å²) in [4.78, 5) is 12.4. The van der Waals surface area contributed by atoms with Crippen LogP contribution < -0.4 is 9.47 Å². The van der Waals surface area contributed by atoms with E-state index >= 15 is 0 Å². The fraction of sp³-hybridized carbons (Fsp3) is 0.318. The Balaban J connectivity index is 1.52. The Morgan fingerprint density at radius 2 is 1.93 bits per heavy atom. The van der Waals surface area contributed by atoms with Gasteiger partial charge in [0.2, 0.25) is 0 Å². The maximum absolute atomic E-state index is 12.4. The second kappa shape index (κ2) is 7.84. The van der Waals surface area contributed by atoms with E-state index < -0.39 is 0 Å². The molecule has 0 aromatic heterocycles. The number of carbonyl (C=O) groups is 1. The zero-order valence-electron chi connectivity index (χ0n) is 15.2. The zero-order valence-corrected chi connectivity index (χ0v) is 15.2. The van der Waals surface area contributed by atoms with Crippen LogP contribution in [0.4, 0.5) is 0 Å². The lowest BCUT2D eigenvalue weighted by Gasteiger charge is -2.34. The number of carbonyl (C=O) groups excluding carboxylic acids is 1. The van der Waals surface area contributed by atoms with Crippen molar-refractivity contribution in [1.29, 1.82) is 0 Å². The molecule has 0 N–H and O–H groups in total. The van der Waals surface area contributed by atoms with E-state index in [-0.39, 0.29) is 24.6 Å². The molecular weight excluding hydrogens is 344 g/mol. The third kappa shape index (κ3) is 3.83. The Morgan fingerprint density at radius 3 is 2.74 bits per heavy atom. The first-order chi connectivity index (χ1) is 13.2. The molecule has 0 spiro atoms. The molecule has 2 atom stereocenters. The van der Waals surface area contributed by atoms with E-state index in [0.29, 0.717) is 18.8 Å². The average molecular weight is 366 g/mol. The molecule has 0 saturated carbocycles. The van der Waals surface area contributed by atoms with Gasteiger partial charge in [-0.2, -0.15) is 0 Å². The lowest BCUT2D eigenvalue weighted by Crippen LogP contribution is -2.34. The summed E-state index contributed by atoms with van der Waals surface area (Å²) in [5, 5.41) is 0. The van der Waals surface area contributed by atoms with Crippen molar-refractivity contribution in [3.63, 3.8) is 0 Å². The summed E-state index contributed by atoms with van der Waals surface area (Å²) in [5.74, 6) is 1.84. The number of allylic oxidation sites excluding steroid dienone is 2. The number of esters is 1. The van der Waals surface area contributed by atoms with Gasteiger partial charge in [-0.25, -0.2) is 0 Å². The van der Waals surface area contributed by atoms with Gasteiger partial charge in [0, 0.05) is 25.0 Å². The van der Waals surface area contributed by atoms with Gasteiger partial charge in [0.25, 0.3) is 0 Å². The van der Waals surface area contributed by atoms with Crippen LogP contribution in [0.25, 0.3) is 0 Å². The summed E-state index contributed by atoms with van der Waals surface area (Å²) in [6.07, 6.45) is 3.30. The normalized spacial score (nSPS) is 20.8. The average Bonchev–Trinajstić information content (AvgIpc) is 2.72. The molecule has 1 aliphatic heterocycles. The van der Waals surface area contributed by atoms with Gasteiger partial charge in [-0.05, 0) is 36.3 Å². The molecule has 2 aromatic rings. The first-order valence-electron chi connectivity index (χ1n) is 9.07. The summed E-state index contributed by atoms with van der Waals surface area (Å²) < 4.78 is 22.0. The van der Waals surface area contributed by atoms with E-state index in [1.807, 2.05) is 54.6 Å². The molecule has 140 valence electrons. The molecule has 2 aromatic carbocycles. The van der Waals surface area contributed by atoms with E-state index in [1.165, 1.54) is 0 Å². The van der Waals surface area contributed by atoms with Gasteiger partial charge in [0.1, 0.15) is 18.1 Å². The quantitative estimate of drug-likeness (QED) is 0.436. The number of rotatable bonds is 6. The fourth-order valence-electron chi connectivity index (χ4n) is 3.63. The number of hydrogen-bond donors (Lipinski definition) is 0. The summed E-state index contributed by atoms with van der Waals surface area (Å²) >= 11 is 0. The highest BCUT2D eigenvalue weighted by Gasteiger charge is 2.40. The Kier molecular flexibility index (Phi) is 5.12. The van der Waals surface area contributed by atoms with Crippen LogP contribution >= 0.6 is 0 Å². The predicted molar refractivity (Wildman–Crippen MR) is 99.4 cm³/mol. The SMILES string of the molecule is COCOC1=CCC2c3cc(OCc4ccccc4)ccc3OC(=O)C2C1. The number of ether oxygens (including phenoxy) is 4. The lowest BCUT2D eigenvalue weighted by molar-refractivity contribution is -0.142. The highest BCUT2D eigenvalue weighted by molar-refractivity contribution is 5.80. The zero-order chi connectivity index (χ0) is 18.6. The first kappa shape index (κ1) is 17.6. The van der Waals surface area contributed by atoms with Crippen molar-refractivity contribution in [2.75, 3.05) is 13.9 Å². The minimum Gasteiger partial charge on any atom is -0.489 e. The highest BCUT2D eigenvalue weighted by atomic mass is 16.7. The molecule has 5 nitrogen and oxygen atoms in total. The van der Waals surface area contributed by atoms with Crippen molar-refractivity contribution in [3.8, 4) is 11.5 Å². The minimum absolute atomic E-state index is 0.0800. The van der Waals surface area contributed by atoms with Gasteiger partial charge in [-0.3, -0.25) is 4.79 Å². The third-order valence-corrected chi connectivity index (χ3v) is 5.01. The van der Waals surface area contributed by atoms with Gasteiger partial charge < -0.3 is 18.9 Å². The summed E-state index contributed by atoms with van der Waals surface area (Å²) in [6, 6.07) is 15.7. The highest BCUT2D eigenvalue weighted by Crippen LogP contribution is 2.46. The topological polar surface area (TPSA) is 54.0 Å². The summed E-state index contributed by atoms with van der Waals surface area (Å²) in [6.45, 7) is 0.689. The van der Waals surface area contributed by atoms with E-state index in [9.17, 15) is 4.79 Å². The summed E-state index contributed by atoms with van der Waals surface area (Å²) in [7, 11) is 1.58. The van der Waals surface area contributed by atoms with Gasteiger partial charge >= 0.3 is 5.97 Å². The first-order valence-corrected chi connectivity index (χ1v) is 9.07. The van der Waals surface area contributed by atoms with Crippen molar-refractivity contribution < 1.29 is 23.7 Å². The van der Waals surface area contributed by atoms with Crippen molar-refractivity contribution in [3.05, 3.63) is 71.5 Å². The largest absolute Gasteiger partial charge is 0.489 e. The molecule has 0 saturated heterocycles. The van der Waals surface area contributed by atoms with Crippen molar-refractivity contribution in [1.82, 2.24) is 0 Å². The third-order valence-electron chi connectivity index (χ3n) is 5.01. The maximum Gasteiger partial charge on any atom is 0.315 e. The molecule has 5 heteroatoms. The van der Waals surface area contributed by atoms with Crippen LogP contribution in [0, 0.1) is 5.92 Å². The van der Waals surface area contributed by atoms with E-state index in [2.05, 4.69) is 0 Å². The number of fused-ring (bicyclic) bond motifs is 3. The molecule has 27 heavy (non-hydrogen) atoms. The van der Waals surface area contributed by atoms with Crippen LogP contribution in [0.3, 0.4) is 0 Å². The number of methoxy groups -OCH3 is 1. The van der Waals surface area contributed by atoms with Crippen LogP contribution in [-0.4, -0.2) is 19.9 Å². The standard InChI is InChI=1S/C22H22O5/c1-24-14-26-17-7-9-18-19-11-16(25-13-15-5-3-2-4-6-15)8-10-21(19)27-22(23)20(18)12-17/h2-8,10-11,18,20H,9,12-14H2,1H3. The lowest BCUT2D eigenvalue weighted by atomic mass is 9.76. The molecule has 2 unspecified atom stereocenters. The Morgan fingerprint density at radius 1 is 1.07 bits per heavy atom. The van der Waals surface area contributed by atoms with Crippen LogP contribution in [0.1, 0.15) is 29.9 Å². The second-order valence-electron chi connectivity index (χ2n) is 6.77. The van der Waals surface area contributed by atoms with Gasteiger partial charge in [-0.15, -0.1) is 0 Å². The maximum atomic E-state index is 12.4. The molecule has 2 aliphatic rings. The van der Waals surface area contributed by atoms with Crippen LogP contribution in [-0.2, 0) is 20.9 Å². The number of benzene rings is 2. The molecule has 0 bridgehead atoms. The van der Waals surface area contributed by atoms with Gasteiger partial charge in [0.15, 0.2) is 6.79 Å². The van der Waals surface area contributed by atoms with E-state index in [4.69, 9.17) is 18.9 Å². The molecule has 0 radical (unpaired) electrons. The van der Waals surface area contributed by atoms with Crippen LogP contribution in [0.15, 0.2) is 60.4 Å². The Hall–Kier alpha value is -2.79. The molecule has 0 amide bonds. The molecule has 4 rings (SSSR count). The Bertz CT molecular complexity index is 843. The molecule has 1 heterocycles. The Labute approximate surface area is 158 Å². The minimum atomic E-state index is -0.237. The molecule has 1 aliphatic carbocycles.